The maximum atomic E-state index is 12.0. The minimum absolute atomic E-state index is 0.281. The van der Waals surface area contributed by atoms with Gasteiger partial charge in [-0.1, -0.05) is 36.4 Å². The van der Waals surface area contributed by atoms with Gasteiger partial charge in [0.25, 0.3) is 0 Å². The lowest BCUT2D eigenvalue weighted by atomic mass is 10.0. The van der Waals surface area contributed by atoms with E-state index in [0.29, 0.717) is 5.75 Å². The highest BCUT2D eigenvalue weighted by molar-refractivity contribution is 7.99. The molecule has 5 heteroatoms. The van der Waals surface area contributed by atoms with E-state index < -0.39 is 5.60 Å². The fourth-order valence-electron chi connectivity index (χ4n) is 2.48. The van der Waals surface area contributed by atoms with Crippen molar-refractivity contribution in [1.29, 1.82) is 0 Å². The van der Waals surface area contributed by atoms with Gasteiger partial charge in [-0.25, -0.2) is 4.79 Å². The summed E-state index contributed by atoms with van der Waals surface area (Å²) in [6.45, 7) is 0.288. The van der Waals surface area contributed by atoms with Crippen molar-refractivity contribution in [3.8, 4) is 0 Å². The third kappa shape index (κ3) is 3.31. The van der Waals surface area contributed by atoms with Crippen molar-refractivity contribution in [3.63, 3.8) is 0 Å². The van der Waals surface area contributed by atoms with Gasteiger partial charge in [-0.2, -0.15) is 11.8 Å². The summed E-state index contributed by atoms with van der Waals surface area (Å²) in [7, 11) is 0. The van der Waals surface area contributed by atoms with E-state index in [4.69, 9.17) is 0 Å². The van der Waals surface area contributed by atoms with Crippen LogP contribution in [0.1, 0.15) is 6.42 Å². The van der Waals surface area contributed by atoms with Crippen LogP contribution in [0, 0.1) is 0 Å². The molecular weight excluding hydrogens is 284 g/mol. The first-order valence-corrected chi connectivity index (χ1v) is 8.15. The first kappa shape index (κ1) is 14.2. The Bertz CT molecular complexity index is 648. The Hall–Kier alpha value is -1.72. The molecule has 0 radical (unpaired) electrons. The molecule has 2 aromatic carbocycles. The Morgan fingerprint density at radius 3 is 2.86 bits per heavy atom. The minimum atomic E-state index is -0.763. The average molecular weight is 302 g/mol. The van der Waals surface area contributed by atoms with Crippen molar-refractivity contribution in [2.24, 2.45) is 0 Å². The lowest BCUT2D eigenvalue weighted by Gasteiger charge is -2.21. The summed E-state index contributed by atoms with van der Waals surface area (Å²) < 4.78 is 0. The predicted molar refractivity (Wildman–Crippen MR) is 87.9 cm³/mol. The van der Waals surface area contributed by atoms with Gasteiger partial charge in [0.05, 0.1) is 11.3 Å². The third-order valence-electron chi connectivity index (χ3n) is 3.70. The molecule has 1 fully saturated rings. The predicted octanol–water partition coefficient (Wildman–Crippen LogP) is 2.83. The zero-order valence-electron chi connectivity index (χ0n) is 11.6. The molecule has 1 saturated heterocycles. The van der Waals surface area contributed by atoms with Crippen LogP contribution in [0.2, 0.25) is 0 Å². The summed E-state index contributed by atoms with van der Waals surface area (Å²) in [5.41, 5.74) is 0.0132. The Morgan fingerprint density at radius 2 is 2.05 bits per heavy atom. The molecule has 1 unspecified atom stereocenters. The standard InChI is InChI=1S/C16H18N2O2S/c19-15(17-10-16(20)8-9-21-11-16)18-14-7-3-5-12-4-1-2-6-13(12)14/h1-7,20H,8-11H2,(H2,17,18,19). The van der Waals surface area contributed by atoms with Crippen LogP contribution in [0.3, 0.4) is 0 Å². The van der Waals surface area contributed by atoms with Gasteiger partial charge in [0.15, 0.2) is 0 Å². The van der Waals surface area contributed by atoms with Gasteiger partial charge in [-0.15, -0.1) is 0 Å². The second kappa shape index (κ2) is 5.95. The van der Waals surface area contributed by atoms with Crippen LogP contribution in [0.15, 0.2) is 42.5 Å². The van der Waals surface area contributed by atoms with Gasteiger partial charge in [-0.05, 0) is 23.6 Å². The SMILES string of the molecule is O=C(NCC1(O)CCSC1)Nc1cccc2ccccc12. The number of nitrogens with one attached hydrogen (secondary N) is 2. The molecule has 2 amide bonds. The molecule has 0 bridgehead atoms. The van der Waals surface area contributed by atoms with Gasteiger partial charge >= 0.3 is 6.03 Å². The Kier molecular flexibility index (Phi) is 4.03. The molecule has 1 heterocycles. The molecule has 1 aliphatic rings. The van der Waals surface area contributed by atoms with Crippen LogP contribution in [-0.2, 0) is 0 Å². The number of carbonyl (C=O) groups is 1. The number of anilines is 1. The van der Waals surface area contributed by atoms with Crippen molar-refractivity contribution >= 4 is 34.3 Å². The summed E-state index contributed by atoms with van der Waals surface area (Å²) in [5, 5.41) is 17.9. The van der Waals surface area contributed by atoms with E-state index in [-0.39, 0.29) is 12.6 Å². The molecule has 3 N–H and O–H groups in total. The molecule has 4 nitrogen and oxygen atoms in total. The number of hydrogen-bond donors (Lipinski definition) is 3. The molecule has 0 aromatic heterocycles. The molecule has 0 saturated carbocycles. The quantitative estimate of drug-likeness (QED) is 0.817. The zero-order chi connectivity index (χ0) is 14.7. The first-order valence-electron chi connectivity index (χ1n) is 6.99. The Labute approximate surface area is 127 Å². The van der Waals surface area contributed by atoms with Crippen LogP contribution in [0.4, 0.5) is 10.5 Å². The summed E-state index contributed by atoms with van der Waals surface area (Å²) in [6.07, 6.45) is 0.728. The van der Waals surface area contributed by atoms with E-state index in [1.807, 2.05) is 42.5 Å². The average Bonchev–Trinajstić information content (AvgIpc) is 2.93. The number of benzene rings is 2. The summed E-state index contributed by atoms with van der Waals surface area (Å²) in [6, 6.07) is 13.4. The smallest absolute Gasteiger partial charge is 0.319 e. The fraction of sp³-hybridized carbons (Fsp3) is 0.312. The van der Waals surface area contributed by atoms with Crippen LogP contribution in [0.5, 0.6) is 0 Å². The van der Waals surface area contributed by atoms with Crippen molar-refractivity contribution in [2.75, 3.05) is 23.4 Å². The first-order chi connectivity index (χ1) is 10.2. The maximum absolute atomic E-state index is 12.0. The van der Waals surface area contributed by atoms with Gasteiger partial charge in [0.1, 0.15) is 0 Å². The van der Waals surface area contributed by atoms with E-state index in [9.17, 15) is 9.90 Å². The molecule has 0 aliphatic carbocycles. The van der Waals surface area contributed by atoms with Crippen LogP contribution in [-0.4, -0.2) is 34.8 Å². The summed E-state index contributed by atoms with van der Waals surface area (Å²) in [4.78, 5) is 12.0. The highest BCUT2D eigenvalue weighted by Gasteiger charge is 2.31. The number of fused-ring (bicyclic) bond motifs is 1. The number of hydrogen-bond acceptors (Lipinski definition) is 3. The third-order valence-corrected chi connectivity index (χ3v) is 4.93. The number of amides is 2. The summed E-state index contributed by atoms with van der Waals surface area (Å²) in [5.74, 6) is 1.63. The molecule has 2 aromatic rings. The monoisotopic (exact) mass is 302 g/mol. The highest BCUT2D eigenvalue weighted by atomic mass is 32.2. The lowest BCUT2D eigenvalue weighted by molar-refractivity contribution is 0.0706. The van der Waals surface area contributed by atoms with Gasteiger partial charge < -0.3 is 15.7 Å². The van der Waals surface area contributed by atoms with E-state index in [1.54, 1.807) is 11.8 Å². The normalized spacial score (nSPS) is 21.4. The number of aliphatic hydroxyl groups is 1. The van der Waals surface area contributed by atoms with Gasteiger partial charge in [0, 0.05) is 17.7 Å². The van der Waals surface area contributed by atoms with E-state index in [1.165, 1.54) is 0 Å². The number of carbonyl (C=O) groups excluding carboxylic acids is 1. The zero-order valence-corrected chi connectivity index (χ0v) is 12.5. The maximum Gasteiger partial charge on any atom is 0.319 e. The fourth-order valence-corrected chi connectivity index (χ4v) is 3.78. The van der Waals surface area contributed by atoms with Crippen LogP contribution >= 0.6 is 11.8 Å². The highest BCUT2D eigenvalue weighted by Crippen LogP contribution is 2.27. The Balaban J connectivity index is 1.66. The van der Waals surface area contributed by atoms with Crippen molar-refractivity contribution in [3.05, 3.63) is 42.5 Å². The second-order valence-corrected chi connectivity index (χ2v) is 6.47. The van der Waals surface area contributed by atoms with Crippen molar-refractivity contribution in [2.45, 2.75) is 12.0 Å². The largest absolute Gasteiger partial charge is 0.387 e. The van der Waals surface area contributed by atoms with Crippen molar-refractivity contribution in [1.82, 2.24) is 5.32 Å². The van der Waals surface area contributed by atoms with E-state index in [2.05, 4.69) is 10.6 Å². The van der Waals surface area contributed by atoms with Gasteiger partial charge in [-0.3, -0.25) is 0 Å². The van der Waals surface area contributed by atoms with Gasteiger partial charge in [0.2, 0.25) is 0 Å². The Morgan fingerprint density at radius 1 is 1.24 bits per heavy atom. The molecular formula is C16H18N2O2S. The molecule has 3 rings (SSSR count). The van der Waals surface area contributed by atoms with Crippen LogP contribution in [0.25, 0.3) is 10.8 Å². The second-order valence-electron chi connectivity index (χ2n) is 5.36. The molecule has 0 spiro atoms. The topological polar surface area (TPSA) is 61.4 Å². The molecule has 1 aliphatic heterocycles. The number of rotatable bonds is 3. The van der Waals surface area contributed by atoms with Crippen LogP contribution < -0.4 is 10.6 Å². The van der Waals surface area contributed by atoms with E-state index in [0.717, 1.165) is 28.6 Å². The van der Waals surface area contributed by atoms with E-state index >= 15 is 0 Å². The number of urea groups is 1. The van der Waals surface area contributed by atoms with Crippen molar-refractivity contribution < 1.29 is 9.90 Å². The molecule has 110 valence electrons. The number of thioether (sulfide) groups is 1. The lowest BCUT2D eigenvalue weighted by Crippen LogP contribution is -2.44. The molecule has 21 heavy (non-hydrogen) atoms. The summed E-state index contributed by atoms with van der Waals surface area (Å²) >= 11 is 1.72. The molecule has 1 atom stereocenters. The minimum Gasteiger partial charge on any atom is -0.387 e.